The molecule has 11 heteroatoms. The van der Waals surface area contributed by atoms with E-state index in [2.05, 4.69) is 25.1 Å². The van der Waals surface area contributed by atoms with E-state index in [4.69, 9.17) is 4.74 Å². The van der Waals surface area contributed by atoms with Crippen LogP contribution in [0, 0.1) is 13.8 Å². The lowest BCUT2D eigenvalue weighted by molar-refractivity contribution is -0.240. The van der Waals surface area contributed by atoms with Gasteiger partial charge in [-0.2, -0.15) is 18.3 Å². The van der Waals surface area contributed by atoms with Gasteiger partial charge in [0.15, 0.2) is 0 Å². The van der Waals surface area contributed by atoms with E-state index >= 15 is 0 Å². The van der Waals surface area contributed by atoms with Crippen LogP contribution in [0.2, 0.25) is 0 Å². The molecule has 1 saturated heterocycles. The van der Waals surface area contributed by atoms with Gasteiger partial charge in [-0.25, -0.2) is 9.97 Å². The number of aromatic nitrogens is 5. The van der Waals surface area contributed by atoms with Crippen LogP contribution in [-0.4, -0.2) is 50.0 Å². The second-order valence-corrected chi connectivity index (χ2v) is 8.52. The minimum absolute atomic E-state index is 0.130. The van der Waals surface area contributed by atoms with Gasteiger partial charge in [-0.1, -0.05) is 0 Å². The van der Waals surface area contributed by atoms with E-state index in [9.17, 15) is 13.2 Å². The zero-order chi connectivity index (χ0) is 21.8. The summed E-state index contributed by atoms with van der Waals surface area (Å²) in [4.78, 5) is 14.9. The summed E-state index contributed by atoms with van der Waals surface area (Å²) in [5.41, 5.74) is 0.0812. The smallest absolute Gasteiger partial charge is 0.430 e. The van der Waals surface area contributed by atoms with E-state index < -0.39 is 11.8 Å². The Labute approximate surface area is 178 Å². The van der Waals surface area contributed by atoms with Crippen LogP contribution < -0.4 is 9.64 Å². The van der Waals surface area contributed by atoms with Gasteiger partial charge in [0, 0.05) is 30.7 Å². The van der Waals surface area contributed by atoms with Gasteiger partial charge in [0.05, 0.1) is 22.5 Å². The Morgan fingerprint density at radius 3 is 2.65 bits per heavy atom. The van der Waals surface area contributed by atoms with Crippen LogP contribution in [0.15, 0.2) is 30.9 Å². The normalized spacial score (nSPS) is 19.5. The van der Waals surface area contributed by atoms with Crippen molar-refractivity contribution >= 4 is 37.6 Å². The van der Waals surface area contributed by atoms with Crippen molar-refractivity contribution in [3.63, 3.8) is 0 Å². The standard InChI is InChI=1S/C20H17F3N6OS/c1-11-12(2)27-28-18-14(11)15-16(31-18)17(26-10-25-15)29-8-5-19(9-29,20(21,22)23)30-13-3-6-24-7-4-13/h3-4,6-7,10H,5,8-9H2,1-2H3. The molecule has 7 nitrogen and oxygen atoms in total. The number of rotatable bonds is 3. The largest absolute Gasteiger partial charge is 0.476 e. The third-order valence-corrected chi connectivity index (χ3v) is 6.71. The van der Waals surface area contributed by atoms with Crippen LogP contribution in [0.5, 0.6) is 5.75 Å². The molecule has 5 heterocycles. The number of aryl methyl sites for hydroxylation is 2. The zero-order valence-corrected chi connectivity index (χ0v) is 17.5. The molecule has 4 aromatic rings. The summed E-state index contributed by atoms with van der Waals surface area (Å²) in [6, 6.07) is 2.85. The van der Waals surface area contributed by atoms with Crippen molar-refractivity contribution < 1.29 is 17.9 Å². The highest BCUT2D eigenvalue weighted by Crippen LogP contribution is 2.45. The molecule has 0 bridgehead atoms. The van der Waals surface area contributed by atoms with Crippen molar-refractivity contribution in [3.05, 3.63) is 42.1 Å². The summed E-state index contributed by atoms with van der Waals surface area (Å²) in [5, 5.41) is 9.26. The summed E-state index contributed by atoms with van der Waals surface area (Å²) in [7, 11) is 0. The van der Waals surface area contributed by atoms with E-state index in [-0.39, 0.29) is 25.3 Å². The lowest BCUT2D eigenvalue weighted by Gasteiger charge is -2.32. The number of ether oxygens (including phenoxy) is 1. The summed E-state index contributed by atoms with van der Waals surface area (Å²) >= 11 is 1.34. The predicted molar refractivity (Wildman–Crippen MR) is 110 cm³/mol. The molecule has 0 N–H and O–H groups in total. The Hall–Kier alpha value is -3.08. The number of anilines is 1. The van der Waals surface area contributed by atoms with Crippen LogP contribution in [0.1, 0.15) is 17.7 Å². The Balaban J connectivity index is 1.58. The summed E-state index contributed by atoms with van der Waals surface area (Å²) in [6.07, 6.45) is -0.578. The second-order valence-electron chi connectivity index (χ2n) is 7.52. The number of alkyl halides is 3. The minimum Gasteiger partial charge on any atom is -0.476 e. The van der Waals surface area contributed by atoms with Crippen molar-refractivity contribution in [3.8, 4) is 5.75 Å². The van der Waals surface area contributed by atoms with Crippen molar-refractivity contribution in [2.24, 2.45) is 0 Å². The molecule has 160 valence electrons. The van der Waals surface area contributed by atoms with E-state index in [0.29, 0.717) is 20.9 Å². The lowest BCUT2D eigenvalue weighted by atomic mass is 10.0. The molecule has 31 heavy (non-hydrogen) atoms. The molecule has 1 aliphatic rings. The van der Waals surface area contributed by atoms with Crippen molar-refractivity contribution in [1.29, 1.82) is 0 Å². The average molecular weight is 446 g/mol. The Morgan fingerprint density at radius 2 is 1.90 bits per heavy atom. The Bertz CT molecular complexity index is 1280. The maximum Gasteiger partial charge on any atom is 0.430 e. The molecule has 0 radical (unpaired) electrons. The zero-order valence-electron chi connectivity index (χ0n) is 16.6. The summed E-state index contributed by atoms with van der Waals surface area (Å²) in [6.45, 7) is 3.58. The van der Waals surface area contributed by atoms with Gasteiger partial charge < -0.3 is 9.64 Å². The molecule has 0 aliphatic carbocycles. The van der Waals surface area contributed by atoms with Gasteiger partial charge in [-0.15, -0.1) is 16.4 Å². The molecule has 5 rings (SSSR count). The molecular formula is C20H17F3N6OS. The number of hydrogen-bond donors (Lipinski definition) is 0. The number of halogens is 3. The van der Waals surface area contributed by atoms with Gasteiger partial charge in [-0.3, -0.25) is 4.98 Å². The van der Waals surface area contributed by atoms with Crippen LogP contribution in [0.25, 0.3) is 20.4 Å². The fraction of sp³-hybridized carbons (Fsp3) is 0.350. The van der Waals surface area contributed by atoms with Gasteiger partial charge in [0.25, 0.3) is 0 Å². The van der Waals surface area contributed by atoms with E-state index in [1.807, 2.05) is 13.8 Å². The molecule has 1 unspecified atom stereocenters. The first-order chi connectivity index (χ1) is 14.8. The van der Waals surface area contributed by atoms with Gasteiger partial charge in [0.2, 0.25) is 5.60 Å². The number of hydrogen-bond acceptors (Lipinski definition) is 8. The van der Waals surface area contributed by atoms with Crippen LogP contribution in [-0.2, 0) is 0 Å². The highest BCUT2D eigenvalue weighted by Gasteiger charge is 2.61. The minimum atomic E-state index is -4.56. The van der Waals surface area contributed by atoms with Crippen molar-refractivity contribution in [2.75, 3.05) is 18.0 Å². The summed E-state index contributed by atoms with van der Waals surface area (Å²) < 4.78 is 48.7. The fourth-order valence-electron chi connectivity index (χ4n) is 3.86. The van der Waals surface area contributed by atoms with E-state index in [1.165, 1.54) is 42.2 Å². The van der Waals surface area contributed by atoms with E-state index in [1.54, 1.807) is 4.90 Å². The maximum atomic E-state index is 14.2. The first-order valence-corrected chi connectivity index (χ1v) is 10.4. The topological polar surface area (TPSA) is 76.9 Å². The first kappa shape index (κ1) is 19.9. The number of thiophene rings is 1. The number of pyridine rings is 1. The molecule has 1 fully saturated rings. The van der Waals surface area contributed by atoms with Gasteiger partial charge in [0.1, 0.15) is 22.7 Å². The van der Waals surface area contributed by atoms with Gasteiger partial charge >= 0.3 is 6.18 Å². The molecule has 0 aromatic carbocycles. The quantitative estimate of drug-likeness (QED) is 0.466. The molecule has 0 spiro atoms. The van der Waals surface area contributed by atoms with Crippen molar-refractivity contribution in [1.82, 2.24) is 25.1 Å². The Kier molecular flexibility index (Phi) is 4.47. The predicted octanol–water partition coefficient (Wildman–Crippen LogP) is 4.24. The maximum absolute atomic E-state index is 14.2. The number of fused-ring (bicyclic) bond motifs is 3. The van der Waals surface area contributed by atoms with Crippen molar-refractivity contribution in [2.45, 2.75) is 32.0 Å². The Morgan fingerprint density at radius 1 is 1.13 bits per heavy atom. The molecular weight excluding hydrogens is 429 g/mol. The monoisotopic (exact) mass is 446 g/mol. The molecule has 0 amide bonds. The average Bonchev–Trinajstić information content (AvgIpc) is 3.34. The highest BCUT2D eigenvalue weighted by molar-refractivity contribution is 7.26. The second kappa shape index (κ2) is 6.98. The van der Waals surface area contributed by atoms with Crippen LogP contribution in [0.4, 0.5) is 19.0 Å². The molecule has 1 aliphatic heterocycles. The van der Waals surface area contributed by atoms with E-state index in [0.717, 1.165) is 16.6 Å². The van der Waals surface area contributed by atoms with Crippen LogP contribution in [0.3, 0.4) is 0 Å². The van der Waals surface area contributed by atoms with Crippen LogP contribution >= 0.6 is 11.3 Å². The number of nitrogens with zero attached hydrogens (tertiary/aromatic N) is 6. The third-order valence-electron chi connectivity index (χ3n) is 5.65. The first-order valence-electron chi connectivity index (χ1n) is 9.57. The lowest BCUT2D eigenvalue weighted by Crippen LogP contribution is -2.52. The molecule has 0 saturated carbocycles. The fourth-order valence-corrected chi connectivity index (χ4v) is 5.01. The highest BCUT2D eigenvalue weighted by atomic mass is 32.1. The summed E-state index contributed by atoms with van der Waals surface area (Å²) in [5.74, 6) is 0.583. The molecule has 4 aromatic heterocycles. The molecule has 1 atom stereocenters. The third kappa shape index (κ3) is 3.14. The SMILES string of the molecule is Cc1nnc2sc3c(N4CCC(Oc5ccncc5)(C(F)(F)F)C4)ncnc3c2c1C. The van der Waals surface area contributed by atoms with Gasteiger partial charge in [-0.05, 0) is 31.5 Å².